The summed E-state index contributed by atoms with van der Waals surface area (Å²) < 4.78 is 1.05. The Morgan fingerprint density at radius 3 is 2.83 bits per heavy atom. The molecule has 1 aromatic rings. The zero-order valence-corrected chi connectivity index (χ0v) is 12.5. The number of rotatable bonds is 3. The van der Waals surface area contributed by atoms with Gasteiger partial charge in [-0.25, -0.2) is 0 Å². The topological polar surface area (TPSA) is 37.4 Å². The molecule has 0 aromatic heterocycles. The molecule has 1 atom stereocenters. The van der Waals surface area contributed by atoms with Gasteiger partial charge in [0.15, 0.2) is 0 Å². The molecule has 4 heteroatoms. The summed E-state index contributed by atoms with van der Waals surface area (Å²) in [6.45, 7) is 2.53. The molecule has 1 aromatic carbocycles. The fourth-order valence-electron chi connectivity index (χ4n) is 2.33. The Balaban J connectivity index is 2.27. The predicted octanol–water partition coefficient (Wildman–Crippen LogP) is 3.01. The molecule has 0 unspecified atom stereocenters. The smallest absolute Gasteiger partial charge is 0.237 e. The van der Waals surface area contributed by atoms with Crippen molar-refractivity contribution in [2.24, 2.45) is 5.92 Å². The zero-order valence-electron chi connectivity index (χ0n) is 10.4. The molecule has 1 amide bonds. The number of para-hydroxylation sites is 1. The number of piperidine rings is 1. The average Bonchev–Trinajstić information content (AvgIpc) is 2.39. The molecule has 3 nitrogen and oxygen atoms in total. The number of nitrogens with zero attached hydrogens (tertiary/aromatic N) is 1. The Hall–Kier alpha value is -0.910. The van der Waals surface area contributed by atoms with Crippen LogP contribution < -0.4 is 4.90 Å². The van der Waals surface area contributed by atoms with Crippen molar-refractivity contribution in [3.05, 3.63) is 27.8 Å². The van der Waals surface area contributed by atoms with E-state index in [1.807, 2.05) is 31.2 Å². The highest BCUT2D eigenvalue weighted by Gasteiger charge is 2.34. The molecule has 0 saturated carbocycles. The highest BCUT2D eigenvalue weighted by Crippen LogP contribution is 2.28. The van der Waals surface area contributed by atoms with Gasteiger partial charge in [0.05, 0.1) is 11.6 Å². The van der Waals surface area contributed by atoms with Gasteiger partial charge in [-0.2, -0.15) is 0 Å². The second-order valence-corrected chi connectivity index (χ2v) is 5.62. The van der Waals surface area contributed by atoms with Crippen LogP contribution in [0.4, 0.5) is 5.69 Å². The number of carbonyl (C=O) groups is 2. The summed E-state index contributed by atoms with van der Waals surface area (Å²) >= 11 is 2.23. The van der Waals surface area contributed by atoms with Gasteiger partial charge in [0.1, 0.15) is 5.78 Å². The van der Waals surface area contributed by atoms with E-state index in [1.165, 1.54) is 0 Å². The van der Waals surface area contributed by atoms with E-state index in [0.29, 0.717) is 19.4 Å². The molecular formula is C14H16INO2. The molecular weight excluding hydrogens is 341 g/mol. The summed E-state index contributed by atoms with van der Waals surface area (Å²) in [4.78, 5) is 25.9. The number of benzene rings is 1. The highest BCUT2D eigenvalue weighted by molar-refractivity contribution is 14.1. The quantitative estimate of drug-likeness (QED) is 0.616. The number of anilines is 1. The van der Waals surface area contributed by atoms with E-state index in [2.05, 4.69) is 22.6 Å². The first kappa shape index (κ1) is 13.5. The van der Waals surface area contributed by atoms with E-state index in [4.69, 9.17) is 0 Å². The lowest BCUT2D eigenvalue weighted by molar-refractivity contribution is -0.133. The van der Waals surface area contributed by atoms with Crippen LogP contribution in [0.25, 0.3) is 0 Å². The van der Waals surface area contributed by atoms with E-state index < -0.39 is 5.92 Å². The van der Waals surface area contributed by atoms with Crippen LogP contribution in [0.1, 0.15) is 26.2 Å². The third-order valence-corrected chi connectivity index (χ3v) is 4.23. The largest absolute Gasteiger partial charge is 0.311 e. The third kappa shape index (κ3) is 2.58. The summed E-state index contributed by atoms with van der Waals surface area (Å²) in [5.74, 6) is -0.396. The number of hydrogen-bond donors (Lipinski definition) is 0. The lowest BCUT2D eigenvalue weighted by Crippen LogP contribution is -2.44. The summed E-state index contributed by atoms with van der Waals surface area (Å²) in [5, 5.41) is 0. The van der Waals surface area contributed by atoms with Crippen molar-refractivity contribution in [3.8, 4) is 0 Å². The van der Waals surface area contributed by atoms with Crippen molar-refractivity contribution in [2.75, 3.05) is 11.4 Å². The Labute approximate surface area is 121 Å². The van der Waals surface area contributed by atoms with E-state index >= 15 is 0 Å². The van der Waals surface area contributed by atoms with Crippen LogP contribution in [0.15, 0.2) is 24.3 Å². The fraction of sp³-hybridized carbons (Fsp3) is 0.429. The standard InChI is InChI=1S/C14H16INO2/c1-2-13(17)10-6-5-9-16(14(10)18)12-8-4-3-7-11(12)15/h3-4,7-8,10H,2,5-6,9H2,1H3/t10-/m0/s1. The van der Waals surface area contributed by atoms with E-state index in [-0.39, 0.29) is 11.7 Å². The van der Waals surface area contributed by atoms with Gasteiger partial charge in [0.25, 0.3) is 0 Å². The Morgan fingerprint density at radius 1 is 1.44 bits per heavy atom. The van der Waals surface area contributed by atoms with Gasteiger partial charge in [-0.15, -0.1) is 0 Å². The van der Waals surface area contributed by atoms with Crippen LogP contribution >= 0.6 is 22.6 Å². The van der Waals surface area contributed by atoms with Crippen molar-refractivity contribution in [2.45, 2.75) is 26.2 Å². The van der Waals surface area contributed by atoms with Crippen molar-refractivity contribution < 1.29 is 9.59 Å². The van der Waals surface area contributed by atoms with Gasteiger partial charge in [-0.1, -0.05) is 19.1 Å². The molecule has 0 bridgehead atoms. The van der Waals surface area contributed by atoms with Gasteiger partial charge in [-0.05, 0) is 47.6 Å². The van der Waals surface area contributed by atoms with Crippen molar-refractivity contribution >= 4 is 40.0 Å². The summed E-state index contributed by atoms with van der Waals surface area (Å²) in [5.41, 5.74) is 0.928. The molecule has 1 fully saturated rings. The number of hydrogen-bond acceptors (Lipinski definition) is 2. The van der Waals surface area contributed by atoms with Gasteiger partial charge < -0.3 is 4.90 Å². The minimum Gasteiger partial charge on any atom is -0.311 e. The minimum absolute atomic E-state index is 0.0304. The van der Waals surface area contributed by atoms with Crippen molar-refractivity contribution in [1.29, 1.82) is 0 Å². The maximum absolute atomic E-state index is 12.4. The molecule has 18 heavy (non-hydrogen) atoms. The van der Waals surface area contributed by atoms with E-state index in [9.17, 15) is 9.59 Å². The zero-order chi connectivity index (χ0) is 13.1. The van der Waals surface area contributed by atoms with Crippen LogP contribution in [0, 0.1) is 9.49 Å². The Kier molecular flexibility index (Phi) is 4.37. The normalized spacial score (nSPS) is 20.0. The summed E-state index contributed by atoms with van der Waals surface area (Å²) in [7, 11) is 0. The molecule has 2 rings (SSSR count). The summed E-state index contributed by atoms with van der Waals surface area (Å²) in [6, 6.07) is 7.80. The highest BCUT2D eigenvalue weighted by atomic mass is 127. The Bertz CT molecular complexity index is 473. The molecule has 0 radical (unpaired) electrons. The molecule has 0 aliphatic carbocycles. The van der Waals surface area contributed by atoms with E-state index in [0.717, 1.165) is 15.7 Å². The van der Waals surface area contributed by atoms with Gasteiger partial charge in [0.2, 0.25) is 5.91 Å². The monoisotopic (exact) mass is 357 g/mol. The minimum atomic E-state index is -0.431. The molecule has 0 spiro atoms. The number of ketones is 1. The number of halogens is 1. The van der Waals surface area contributed by atoms with Gasteiger partial charge in [-0.3, -0.25) is 9.59 Å². The third-order valence-electron chi connectivity index (χ3n) is 3.32. The molecule has 1 aliphatic rings. The van der Waals surface area contributed by atoms with Crippen LogP contribution in [0.2, 0.25) is 0 Å². The van der Waals surface area contributed by atoms with Crippen LogP contribution in [0.3, 0.4) is 0 Å². The number of carbonyl (C=O) groups excluding carboxylic acids is 2. The molecule has 1 aliphatic heterocycles. The second-order valence-electron chi connectivity index (χ2n) is 4.46. The summed E-state index contributed by atoms with van der Waals surface area (Å²) in [6.07, 6.45) is 2.04. The molecule has 96 valence electrons. The van der Waals surface area contributed by atoms with Crippen molar-refractivity contribution in [3.63, 3.8) is 0 Å². The lowest BCUT2D eigenvalue weighted by atomic mass is 9.91. The average molecular weight is 357 g/mol. The van der Waals surface area contributed by atoms with Crippen LogP contribution in [-0.2, 0) is 9.59 Å². The first-order valence-corrected chi connectivity index (χ1v) is 7.31. The maximum Gasteiger partial charge on any atom is 0.237 e. The van der Waals surface area contributed by atoms with E-state index in [1.54, 1.807) is 4.90 Å². The van der Waals surface area contributed by atoms with Crippen LogP contribution in [0.5, 0.6) is 0 Å². The second kappa shape index (κ2) is 5.82. The first-order chi connectivity index (χ1) is 8.65. The molecule has 1 saturated heterocycles. The molecule has 1 heterocycles. The predicted molar refractivity (Wildman–Crippen MR) is 79.5 cm³/mol. The molecule has 0 N–H and O–H groups in total. The van der Waals surface area contributed by atoms with Crippen molar-refractivity contribution in [1.82, 2.24) is 0 Å². The van der Waals surface area contributed by atoms with Crippen LogP contribution in [-0.4, -0.2) is 18.2 Å². The fourth-order valence-corrected chi connectivity index (χ4v) is 3.01. The Morgan fingerprint density at radius 2 is 2.17 bits per heavy atom. The maximum atomic E-state index is 12.4. The van der Waals surface area contributed by atoms with Gasteiger partial charge >= 0.3 is 0 Å². The number of Topliss-reactive ketones (excluding diaryl/α,β-unsaturated/α-hetero) is 1. The van der Waals surface area contributed by atoms with Gasteiger partial charge in [0, 0.05) is 16.5 Å². The SMILES string of the molecule is CCC(=O)[C@@H]1CCCN(c2ccccc2I)C1=O. The number of amides is 1. The first-order valence-electron chi connectivity index (χ1n) is 6.23. The lowest BCUT2D eigenvalue weighted by Gasteiger charge is -2.32.